The third-order valence-electron chi connectivity index (χ3n) is 5.59. The highest BCUT2D eigenvalue weighted by Crippen LogP contribution is 2.32. The Bertz CT molecular complexity index is 1120. The molecule has 0 N–H and O–H groups in total. The second-order valence-corrected chi connectivity index (χ2v) is 8.89. The van der Waals surface area contributed by atoms with E-state index in [1.165, 1.54) is 0 Å². The molecule has 0 saturated carbocycles. The van der Waals surface area contributed by atoms with Crippen molar-refractivity contribution in [3.63, 3.8) is 0 Å². The fourth-order valence-electron chi connectivity index (χ4n) is 3.69. The second-order valence-electron chi connectivity index (χ2n) is 7.90. The first-order chi connectivity index (χ1) is 16.4. The largest absolute Gasteiger partial charge is 0.497 e. The molecule has 2 heterocycles. The van der Waals surface area contributed by atoms with Gasteiger partial charge in [-0.3, -0.25) is 19.3 Å². The number of imide groups is 1. The van der Waals surface area contributed by atoms with Crippen molar-refractivity contribution in [2.45, 2.75) is 19.3 Å². The van der Waals surface area contributed by atoms with Crippen LogP contribution in [0.5, 0.6) is 11.5 Å². The van der Waals surface area contributed by atoms with E-state index in [0.717, 1.165) is 35.9 Å². The van der Waals surface area contributed by atoms with Crippen LogP contribution in [0.1, 0.15) is 35.2 Å². The average molecular weight is 481 g/mol. The SMILES string of the molecule is COc1ccc(C(=O)Oc2ccc(/C=C3/SC(=O)N(CC(=O)N4CCCCC4)C3=O)cc2)cc1. The van der Waals surface area contributed by atoms with Crippen LogP contribution in [0.3, 0.4) is 0 Å². The maximum absolute atomic E-state index is 12.7. The first-order valence-electron chi connectivity index (χ1n) is 10.9. The summed E-state index contributed by atoms with van der Waals surface area (Å²) in [7, 11) is 1.55. The lowest BCUT2D eigenvalue weighted by atomic mass is 10.1. The average Bonchev–Trinajstić information content (AvgIpc) is 3.13. The molecule has 0 spiro atoms. The summed E-state index contributed by atoms with van der Waals surface area (Å²) in [5.41, 5.74) is 1.05. The van der Waals surface area contributed by atoms with E-state index in [1.54, 1.807) is 66.6 Å². The number of ether oxygens (including phenoxy) is 2. The van der Waals surface area contributed by atoms with E-state index in [2.05, 4.69) is 0 Å². The maximum atomic E-state index is 12.7. The van der Waals surface area contributed by atoms with E-state index in [4.69, 9.17) is 9.47 Å². The van der Waals surface area contributed by atoms with Gasteiger partial charge in [-0.1, -0.05) is 12.1 Å². The van der Waals surface area contributed by atoms with Crippen LogP contribution in [0.25, 0.3) is 6.08 Å². The third-order valence-corrected chi connectivity index (χ3v) is 6.50. The predicted octanol–water partition coefficient (Wildman–Crippen LogP) is 3.96. The van der Waals surface area contributed by atoms with E-state index in [0.29, 0.717) is 35.7 Å². The van der Waals surface area contributed by atoms with Crippen LogP contribution < -0.4 is 9.47 Å². The van der Waals surface area contributed by atoms with Crippen molar-refractivity contribution in [1.82, 2.24) is 9.80 Å². The number of likely N-dealkylation sites (tertiary alicyclic amines) is 1. The highest BCUT2D eigenvalue weighted by atomic mass is 32.2. The molecular weight excluding hydrogens is 456 g/mol. The first-order valence-corrected chi connectivity index (χ1v) is 11.8. The van der Waals surface area contributed by atoms with Crippen molar-refractivity contribution in [1.29, 1.82) is 0 Å². The Morgan fingerprint density at radius 3 is 2.24 bits per heavy atom. The predicted molar refractivity (Wildman–Crippen MR) is 128 cm³/mol. The van der Waals surface area contributed by atoms with Crippen molar-refractivity contribution in [3.8, 4) is 11.5 Å². The first kappa shape index (κ1) is 23.6. The van der Waals surface area contributed by atoms with Gasteiger partial charge in [0, 0.05) is 13.1 Å². The van der Waals surface area contributed by atoms with E-state index < -0.39 is 17.1 Å². The normalized spacial score (nSPS) is 17.3. The van der Waals surface area contributed by atoms with Crippen LogP contribution in [0, 0.1) is 0 Å². The highest BCUT2D eigenvalue weighted by molar-refractivity contribution is 8.18. The molecule has 8 nitrogen and oxygen atoms in total. The summed E-state index contributed by atoms with van der Waals surface area (Å²) in [5, 5.41) is -0.452. The van der Waals surface area contributed by atoms with Gasteiger partial charge in [0.15, 0.2) is 0 Å². The minimum absolute atomic E-state index is 0.203. The van der Waals surface area contributed by atoms with Gasteiger partial charge in [0.05, 0.1) is 17.6 Å². The molecule has 2 fully saturated rings. The van der Waals surface area contributed by atoms with Crippen molar-refractivity contribution < 1.29 is 28.7 Å². The van der Waals surface area contributed by atoms with Crippen LogP contribution in [0.15, 0.2) is 53.4 Å². The topological polar surface area (TPSA) is 93.2 Å². The summed E-state index contributed by atoms with van der Waals surface area (Å²) in [4.78, 5) is 52.8. The number of rotatable bonds is 6. The number of piperidine rings is 1. The van der Waals surface area contributed by atoms with E-state index >= 15 is 0 Å². The molecule has 2 aliphatic rings. The van der Waals surface area contributed by atoms with Gasteiger partial charge in [-0.25, -0.2) is 4.79 Å². The molecule has 9 heteroatoms. The molecule has 2 aromatic carbocycles. The number of hydrogen-bond acceptors (Lipinski definition) is 7. The molecular formula is C25H24N2O6S. The van der Waals surface area contributed by atoms with Crippen LogP contribution in [-0.2, 0) is 9.59 Å². The van der Waals surface area contributed by atoms with E-state index in [1.807, 2.05) is 0 Å². The van der Waals surface area contributed by atoms with E-state index in [9.17, 15) is 19.2 Å². The number of carbonyl (C=O) groups excluding carboxylic acids is 4. The number of methoxy groups -OCH3 is 1. The van der Waals surface area contributed by atoms with Gasteiger partial charge in [0.25, 0.3) is 11.1 Å². The Morgan fingerprint density at radius 2 is 1.59 bits per heavy atom. The zero-order valence-electron chi connectivity index (χ0n) is 18.7. The number of carbonyl (C=O) groups is 4. The fourth-order valence-corrected chi connectivity index (χ4v) is 4.53. The monoisotopic (exact) mass is 480 g/mol. The standard InChI is InChI=1S/C25H24N2O6S/c1-32-19-11-7-18(8-12-19)24(30)33-20-9-5-17(6-10-20)15-21-23(29)27(25(31)34-21)16-22(28)26-13-3-2-4-14-26/h5-12,15H,2-4,13-14,16H2,1H3/b21-15+. The third kappa shape index (κ3) is 5.48. The van der Waals surface area contributed by atoms with Gasteiger partial charge < -0.3 is 14.4 Å². The zero-order valence-corrected chi connectivity index (χ0v) is 19.5. The molecule has 0 aliphatic carbocycles. The minimum atomic E-state index is -0.505. The quantitative estimate of drug-likeness (QED) is 0.351. The highest BCUT2D eigenvalue weighted by Gasteiger charge is 2.37. The van der Waals surface area contributed by atoms with Crippen molar-refractivity contribution in [2.75, 3.05) is 26.7 Å². The molecule has 0 atom stereocenters. The molecule has 2 saturated heterocycles. The Hall–Kier alpha value is -3.59. The molecule has 2 aliphatic heterocycles. The Morgan fingerprint density at radius 1 is 0.941 bits per heavy atom. The van der Waals surface area contributed by atoms with Crippen molar-refractivity contribution in [2.24, 2.45) is 0 Å². The summed E-state index contributed by atoms with van der Waals surface area (Å²) in [6.45, 7) is 1.10. The molecule has 0 radical (unpaired) electrons. The molecule has 0 unspecified atom stereocenters. The van der Waals surface area contributed by atoms with Crippen LogP contribution in [-0.4, -0.2) is 59.6 Å². The number of benzene rings is 2. The fraction of sp³-hybridized carbons (Fsp3) is 0.280. The molecule has 34 heavy (non-hydrogen) atoms. The van der Waals surface area contributed by atoms with Crippen LogP contribution in [0.4, 0.5) is 4.79 Å². The minimum Gasteiger partial charge on any atom is -0.497 e. The Balaban J connectivity index is 1.37. The number of nitrogens with zero attached hydrogens (tertiary/aromatic N) is 2. The molecule has 4 rings (SSSR count). The molecule has 0 aromatic heterocycles. The van der Waals surface area contributed by atoms with Crippen molar-refractivity contribution >= 4 is 40.9 Å². The number of amides is 3. The maximum Gasteiger partial charge on any atom is 0.343 e. The van der Waals surface area contributed by atoms with Gasteiger partial charge in [0.1, 0.15) is 18.0 Å². The summed E-state index contributed by atoms with van der Waals surface area (Å²) in [6.07, 6.45) is 4.57. The van der Waals surface area contributed by atoms with Gasteiger partial charge in [-0.05, 0) is 79.1 Å². The molecule has 0 bridgehead atoms. The number of esters is 1. The summed E-state index contributed by atoms with van der Waals surface area (Å²) in [5.74, 6) is -0.198. The van der Waals surface area contributed by atoms with Gasteiger partial charge in [-0.15, -0.1) is 0 Å². The van der Waals surface area contributed by atoms with Crippen LogP contribution >= 0.6 is 11.8 Å². The summed E-state index contributed by atoms with van der Waals surface area (Å²) < 4.78 is 10.5. The zero-order chi connectivity index (χ0) is 24.1. The van der Waals surface area contributed by atoms with Crippen molar-refractivity contribution in [3.05, 3.63) is 64.6 Å². The van der Waals surface area contributed by atoms with Gasteiger partial charge >= 0.3 is 5.97 Å². The lowest BCUT2D eigenvalue weighted by molar-refractivity contribution is -0.136. The lowest BCUT2D eigenvalue weighted by Crippen LogP contribution is -2.44. The summed E-state index contributed by atoms with van der Waals surface area (Å²) >= 11 is 0.813. The van der Waals surface area contributed by atoms with E-state index in [-0.39, 0.29) is 17.4 Å². The summed E-state index contributed by atoms with van der Waals surface area (Å²) in [6, 6.07) is 13.2. The lowest BCUT2D eigenvalue weighted by Gasteiger charge is -2.27. The second kappa shape index (κ2) is 10.6. The smallest absolute Gasteiger partial charge is 0.343 e. The number of thioether (sulfide) groups is 1. The molecule has 2 aromatic rings. The van der Waals surface area contributed by atoms with Gasteiger partial charge in [0.2, 0.25) is 5.91 Å². The van der Waals surface area contributed by atoms with Gasteiger partial charge in [-0.2, -0.15) is 0 Å². The molecule has 3 amide bonds. The Kier molecular flexibility index (Phi) is 7.32. The van der Waals surface area contributed by atoms with Crippen LogP contribution in [0.2, 0.25) is 0 Å². The number of hydrogen-bond donors (Lipinski definition) is 0. The molecule has 176 valence electrons. The Labute approximate surface area is 201 Å².